The first-order valence-corrected chi connectivity index (χ1v) is 5.93. The maximum atomic E-state index is 12.9. The second kappa shape index (κ2) is 5.39. The molecule has 88 valence electrons. The van der Waals surface area contributed by atoms with Gasteiger partial charge in [0, 0.05) is 12.6 Å². The summed E-state index contributed by atoms with van der Waals surface area (Å²) in [4.78, 5) is 0. The maximum absolute atomic E-state index is 12.9. The largest absolute Gasteiger partial charge is 0.310 e. The van der Waals surface area contributed by atoms with Crippen molar-refractivity contribution >= 4 is 0 Å². The number of nitrogens with one attached hydrogen (secondary N) is 1. The van der Waals surface area contributed by atoms with Gasteiger partial charge in [0.05, 0.1) is 0 Å². The first-order chi connectivity index (χ1) is 7.75. The van der Waals surface area contributed by atoms with Gasteiger partial charge in [-0.3, -0.25) is 0 Å². The topological polar surface area (TPSA) is 12.0 Å². The van der Waals surface area contributed by atoms with Crippen LogP contribution < -0.4 is 5.32 Å². The average Bonchev–Trinajstić information content (AvgIpc) is 2.32. The Morgan fingerprint density at radius 3 is 2.50 bits per heavy atom. The molecular weight excluding hydrogens is 208 g/mol. The zero-order valence-electron chi connectivity index (χ0n) is 9.31. The maximum Gasteiger partial charge on any atom is 0.159 e. The number of rotatable bonds is 3. The van der Waals surface area contributed by atoms with Crippen molar-refractivity contribution < 1.29 is 8.78 Å². The van der Waals surface area contributed by atoms with Gasteiger partial charge in [0.25, 0.3) is 0 Å². The molecule has 1 nitrogen and oxygen atoms in total. The zero-order chi connectivity index (χ0) is 11.4. The fraction of sp³-hybridized carbons (Fsp3) is 0.538. The van der Waals surface area contributed by atoms with Crippen LogP contribution in [0, 0.1) is 11.6 Å². The number of halogens is 2. The van der Waals surface area contributed by atoms with Crippen molar-refractivity contribution in [3.8, 4) is 0 Å². The van der Waals surface area contributed by atoms with E-state index in [9.17, 15) is 8.78 Å². The average molecular weight is 225 g/mol. The molecule has 0 amide bonds. The highest BCUT2D eigenvalue weighted by atomic mass is 19.2. The number of benzene rings is 1. The summed E-state index contributed by atoms with van der Waals surface area (Å²) >= 11 is 0. The van der Waals surface area contributed by atoms with Gasteiger partial charge in [-0.05, 0) is 30.5 Å². The molecule has 1 N–H and O–H groups in total. The molecule has 0 aromatic heterocycles. The van der Waals surface area contributed by atoms with Gasteiger partial charge in [-0.2, -0.15) is 0 Å². The van der Waals surface area contributed by atoms with E-state index in [0.29, 0.717) is 12.6 Å². The van der Waals surface area contributed by atoms with Crippen molar-refractivity contribution in [1.82, 2.24) is 5.32 Å². The Bertz CT molecular complexity index is 346. The minimum Gasteiger partial charge on any atom is -0.310 e. The van der Waals surface area contributed by atoms with Gasteiger partial charge in [0.15, 0.2) is 11.6 Å². The first-order valence-electron chi connectivity index (χ1n) is 5.93. The van der Waals surface area contributed by atoms with Crippen molar-refractivity contribution in [2.24, 2.45) is 0 Å². The lowest BCUT2D eigenvalue weighted by Gasteiger charge is -2.22. The van der Waals surface area contributed by atoms with Crippen LogP contribution in [0.3, 0.4) is 0 Å². The lowest BCUT2D eigenvalue weighted by Crippen LogP contribution is -2.30. The predicted octanol–water partition coefficient (Wildman–Crippen LogP) is 3.39. The molecule has 0 radical (unpaired) electrons. The molecule has 1 aliphatic carbocycles. The monoisotopic (exact) mass is 225 g/mol. The summed E-state index contributed by atoms with van der Waals surface area (Å²) < 4.78 is 25.6. The van der Waals surface area contributed by atoms with Crippen LogP contribution in [0.1, 0.15) is 37.7 Å². The molecule has 0 atom stereocenters. The van der Waals surface area contributed by atoms with Crippen LogP contribution >= 0.6 is 0 Å². The third kappa shape index (κ3) is 3.01. The minimum atomic E-state index is -0.776. The van der Waals surface area contributed by atoms with E-state index in [1.807, 2.05) is 0 Å². The van der Waals surface area contributed by atoms with E-state index in [-0.39, 0.29) is 0 Å². The fourth-order valence-corrected chi connectivity index (χ4v) is 2.22. The van der Waals surface area contributed by atoms with E-state index in [2.05, 4.69) is 5.32 Å². The third-order valence-corrected chi connectivity index (χ3v) is 3.18. The van der Waals surface area contributed by atoms with Crippen LogP contribution in [0.5, 0.6) is 0 Å². The molecule has 1 saturated carbocycles. The lowest BCUT2D eigenvalue weighted by atomic mass is 9.95. The molecule has 1 fully saturated rings. The molecule has 0 heterocycles. The second-order valence-corrected chi connectivity index (χ2v) is 4.46. The summed E-state index contributed by atoms with van der Waals surface area (Å²) in [7, 11) is 0. The van der Waals surface area contributed by atoms with Crippen molar-refractivity contribution in [2.45, 2.75) is 44.7 Å². The molecule has 1 aromatic carbocycles. The van der Waals surface area contributed by atoms with Crippen LogP contribution in [0.25, 0.3) is 0 Å². The fourth-order valence-electron chi connectivity index (χ4n) is 2.22. The van der Waals surface area contributed by atoms with Crippen molar-refractivity contribution in [2.75, 3.05) is 0 Å². The number of hydrogen-bond donors (Lipinski definition) is 1. The van der Waals surface area contributed by atoms with E-state index in [4.69, 9.17) is 0 Å². The van der Waals surface area contributed by atoms with Gasteiger partial charge in [-0.1, -0.05) is 25.3 Å². The van der Waals surface area contributed by atoms with Gasteiger partial charge in [0.2, 0.25) is 0 Å². The second-order valence-electron chi connectivity index (χ2n) is 4.46. The highest BCUT2D eigenvalue weighted by molar-refractivity contribution is 5.17. The Balaban J connectivity index is 1.86. The Hall–Kier alpha value is -0.960. The van der Waals surface area contributed by atoms with Crippen LogP contribution in [0.4, 0.5) is 8.78 Å². The predicted molar refractivity (Wildman–Crippen MR) is 60.1 cm³/mol. The Morgan fingerprint density at radius 1 is 1.06 bits per heavy atom. The van der Waals surface area contributed by atoms with E-state index < -0.39 is 11.6 Å². The Morgan fingerprint density at radius 2 is 1.81 bits per heavy atom. The summed E-state index contributed by atoms with van der Waals surface area (Å²) in [6, 6.07) is 4.63. The Labute approximate surface area is 94.9 Å². The van der Waals surface area contributed by atoms with Gasteiger partial charge in [-0.25, -0.2) is 8.78 Å². The summed E-state index contributed by atoms with van der Waals surface area (Å²) in [6.45, 7) is 0.627. The highest BCUT2D eigenvalue weighted by Gasteiger charge is 2.12. The smallest absolute Gasteiger partial charge is 0.159 e. The van der Waals surface area contributed by atoms with Crippen LogP contribution in [0.2, 0.25) is 0 Å². The van der Waals surface area contributed by atoms with E-state index in [1.54, 1.807) is 6.07 Å². The SMILES string of the molecule is Fc1ccc(CNC2CCCCC2)cc1F. The molecular formula is C13H17F2N. The molecule has 0 bridgehead atoms. The van der Waals surface area contributed by atoms with Crippen molar-refractivity contribution in [3.63, 3.8) is 0 Å². The van der Waals surface area contributed by atoms with E-state index in [1.165, 1.54) is 44.2 Å². The lowest BCUT2D eigenvalue weighted by molar-refractivity contribution is 0.372. The van der Waals surface area contributed by atoms with Crippen molar-refractivity contribution in [1.29, 1.82) is 0 Å². The molecule has 0 spiro atoms. The summed E-state index contributed by atoms with van der Waals surface area (Å²) in [6.07, 6.45) is 6.27. The van der Waals surface area contributed by atoms with Crippen molar-refractivity contribution in [3.05, 3.63) is 35.4 Å². The van der Waals surface area contributed by atoms with Crippen LogP contribution in [-0.4, -0.2) is 6.04 Å². The molecule has 1 aliphatic rings. The minimum absolute atomic E-state index is 0.543. The Kier molecular flexibility index (Phi) is 3.88. The van der Waals surface area contributed by atoms with Gasteiger partial charge < -0.3 is 5.32 Å². The molecule has 3 heteroatoms. The normalized spacial score (nSPS) is 17.6. The molecule has 0 aliphatic heterocycles. The van der Waals surface area contributed by atoms with E-state index in [0.717, 1.165) is 5.56 Å². The molecule has 2 rings (SSSR count). The highest BCUT2D eigenvalue weighted by Crippen LogP contribution is 2.18. The standard InChI is InChI=1S/C13H17F2N/c14-12-7-6-10(8-13(12)15)9-16-11-4-2-1-3-5-11/h6-8,11,16H,1-5,9H2. The third-order valence-electron chi connectivity index (χ3n) is 3.18. The first kappa shape index (κ1) is 11.5. The quantitative estimate of drug-likeness (QED) is 0.831. The summed E-state index contributed by atoms with van der Waals surface area (Å²) in [5.41, 5.74) is 0.810. The number of hydrogen-bond acceptors (Lipinski definition) is 1. The van der Waals surface area contributed by atoms with E-state index >= 15 is 0 Å². The summed E-state index contributed by atoms with van der Waals surface area (Å²) in [5.74, 6) is -1.54. The molecule has 0 saturated heterocycles. The van der Waals surface area contributed by atoms with Gasteiger partial charge >= 0.3 is 0 Å². The van der Waals surface area contributed by atoms with Gasteiger partial charge in [0.1, 0.15) is 0 Å². The molecule has 0 unspecified atom stereocenters. The van der Waals surface area contributed by atoms with Crippen LogP contribution in [0.15, 0.2) is 18.2 Å². The van der Waals surface area contributed by atoms with Crippen LogP contribution in [-0.2, 0) is 6.54 Å². The van der Waals surface area contributed by atoms with Gasteiger partial charge in [-0.15, -0.1) is 0 Å². The zero-order valence-corrected chi connectivity index (χ0v) is 9.31. The molecule has 1 aromatic rings. The summed E-state index contributed by atoms with van der Waals surface area (Å²) in [5, 5.41) is 3.40. The molecule has 16 heavy (non-hydrogen) atoms.